The van der Waals surface area contributed by atoms with E-state index in [0.29, 0.717) is 25.2 Å². The van der Waals surface area contributed by atoms with Gasteiger partial charge in [-0.05, 0) is 50.6 Å². The van der Waals surface area contributed by atoms with Crippen molar-refractivity contribution >= 4 is 15.7 Å². The molecule has 1 aliphatic heterocycles. The van der Waals surface area contributed by atoms with E-state index in [0.717, 1.165) is 13.0 Å². The molecular formula is C13H19FN2O2S. The van der Waals surface area contributed by atoms with Crippen LogP contribution in [0.1, 0.15) is 19.8 Å². The molecule has 1 heterocycles. The third-order valence-electron chi connectivity index (χ3n) is 3.38. The summed E-state index contributed by atoms with van der Waals surface area (Å²) in [4.78, 5) is 0. The van der Waals surface area contributed by atoms with Gasteiger partial charge >= 0.3 is 0 Å². The lowest BCUT2D eigenvalue weighted by atomic mass is 10.2. The normalized spacial score (nSPS) is 20.2. The van der Waals surface area contributed by atoms with E-state index in [-0.39, 0.29) is 5.82 Å². The van der Waals surface area contributed by atoms with Crippen molar-refractivity contribution in [1.82, 2.24) is 5.32 Å². The van der Waals surface area contributed by atoms with Gasteiger partial charge in [0.25, 0.3) is 0 Å². The van der Waals surface area contributed by atoms with Crippen molar-refractivity contribution in [2.75, 3.05) is 23.9 Å². The predicted octanol–water partition coefficient (Wildman–Crippen LogP) is 1.73. The van der Waals surface area contributed by atoms with Crippen LogP contribution in [0.5, 0.6) is 0 Å². The number of nitrogens with one attached hydrogen (secondary N) is 1. The van der Waals surface area contributed by atoms with Crippen LogP contribution < -0.4 is 9.62 Å². The number of hydrogen-bond acceptors (Lipinski definition) is 3. The van der Waals surface area contributed by atoms with E-state index in [9.17, 15) is 12.8 Å². The van der Waals surface area contributed by atoms with Crippen LogP contribution in [0.4, 0.5) is 10.1 Å². The fraction of sp³-hybridized carbons (Fsp3) is 0.538. The van der Waals surface area contributed by atoms with Gasteiger partial charge < -0.3 is 5.32 Å². The molecule has 6 heteroatoms. The first kappa shape index (κ1) is 14.3. The summed E-state index contributed by atoms with van der Waals surface area (Å²) < 4.78 is 39.5. The Morgan fingerprint density at radius 2 is 2.05 bits per heavy atom. The number of anilines is 1. The van der Waals surface area contributed by atoms with Crippen LogP contribution in [0.25, 0.3) is 0 Å². The fourth-order valence-corrected chi connectivity index (χ4v) is 4.30. The number of nitrogens with zero attached hydrogens (tertiary/aromatic N) is 1. The van der Waals surface area contributed by atoms with Gasteiger partial charge in [-0.1, -0.05) is 0 Å². The lowest BCUT2D eigenvalue weighted by Gasteiger charge is -2.30. The Balaban J connectivity index is 2.27. The zero-order chi connectivity index (χ0) is 13.9. The highest BCUT2D eigenvalue weighted by atomic mass is 32.2. The second kappa shape index (κ2) is 5.88. The molecule has 0 aromatic heterocycles. The number of rotatable bonds is 4. The van der Waals surface area contributed by atoms with Crippen molar-refractivity contribution < 1.29 is 12.8 Å². The van der Waals surface area contributed by atoms with E-state index in [2.05, 4.69) is 5.32 Å². The molecule has 19 heavy (non-hydrogen) atoms. The van der Waals surface area contributed by atoms with Gasteiger partial charge in [-0.3, -0.25) is 4.31 Å². The third-order valence-corrected chi connectivity index (χ3v) is 5.71. The summed E-state index contributed by atoms with van der Waals surface area (Å²) in [6.07, 6.45) is 1.54. The topological polar surface area (TPSA) is 49.4 Å². The van der Waals surface area contributed by atoms with Crippen LogP contribution in [0.3, 0.4) is 0 Å². The lowest BCUT2D eigenvalue weighted by Crippen LogP contribution is -2.46. The lowest BCUT2D eigenvalue weighted by molar-refractivity contribution is 0.495. The Morgan fingerprint density at radius 1 is 1.37 bits per heavy atom. The smallest absolute Gasteiger partial charge is 0.239 e. The van der Waals surface area contributed by atoms with Gasteiger partial charge in [0.15, 0.2) is 0 Å². The average molecular weight is 286 g/mol. The van der Waals surface area contributed by atoms with Crippen molar-refractivity contribution in [2.45, 2.75) is 25.0 Å². The summed E-state index contributed by atoms with van der Waals surface area (Å²) in [6.45, 7) is 3.50. The molecule has 1 saturated heterocycles. The first-order valence-electron chi connectivity index (χ1n) is 6.53. The van der Waals surface area contributed by atoms with E-state index in [4.69, 9.17) is 0 Å². The summed E-state index contributed by atoms with van der Waals surface area (Å²) in [5.74, 6) is -0.364. The summed E-state index contributed by atoms with van der Waals surface area (Å²) >= 11 is 0. The summed E-state index contributed by atoms with van der Waals surface area (Å²) in [6, 6.07) is 5.58. The van der Waals surface area contributed by atoms with E-state index in [1.54, 1.807) is 6.92 Å². The molecule has 0 aliphatic carbocycles. The molecule has 0 saturated carbocycles. The molecule has 4 nitrogen and oxygen atoms in total. The Morgan fingerprint density at radius 3 is 2.58 bits per heavy atom. The van der Waals surface area contributed by atoms with E-state index in [1.165, 1.54) is 28.6 Å². The molecule has 0 amide bonds. The SMILES string of the molecule is CCN(c1ccc(F)cc1)S(=O)(=O)C1CCCNC1. The van der Waals surface area contributed by atoms with Gasteiger partial charge in [-0.15, -0.1) is 0 Å². The molecule has 1 unspecified atom stereocenters. The molecule has 1 aliphatic rings. The Labute approximate surface area is 113 Å². The highest BCUT2D eigenvalue weighted by Crippen LogP contribution is 2.23. The first-order valence-corrected chi connectivity index (χ1v) is 8.04. The summed E-state index contributed by atoms with van der Waals surface area (Å²) in [5.41, 5.74) is 0.523. The minimum Gasteiger partial charge on any atom is -0.315 e. The van der Waals surface area contributed by atoms with Crippen molar-refractivity contribution in [3.8, 4) is 0 Å². The highest BCUT2D eigenvalue weighted by Gasteiger charge is 2.32. The molecular weight excluding hydrogens is 267 g/mol. The van der Waals surface area contributed by atoms with Gasteiger partial charge in [0, 0.05) is 13.1 Å². The Kier molecular flexibility index (Phi) is 4.42. The van der Waals surface area contributed by atoms with Crippen LogP contribution in [0.2, 0.25) is 0 Å². The molecule has 1 fully saturated rings. The number of hydrogen-bond donors (Lipinski definition) is 1. The minimum atomic E-state index is -3.39. The quantitative estimate of drug-likeness (QED) is 0.917. The molecule has 1 aromatic rings. The van der Waals surface area contributed by atoms with Gasteiger partial charge in [-0.2, -0.15) is 0 Å². The third kappa shape index (κ3) is 3.06. The van der Waals surface area contributed by atoms with Gasteiger partial charge in [-0.25, -0.2) is 12.8 Å². The van der Waals surface area contributed by atoms with Crippen molar-refractivity contribution in [3.05, 3.63) is 30.1 Å². The van der Waals surface area contributed by atoms with Crippen LogP contribution in [-0.2, 0) is 10.0 Å². The first-order chi connectivity index (χ1) is 9.05. The van der Waals surface area contributed by atoms with Crippen LogP contribution in [0.15, 0.2) is 24.3 Å². The monoisotopic (exact) mass is 286 g/mol. The van der Waals surface area contributed by atoms with Gasteiger partial charge in [0.2, 0.25) is 10.0 Å². The molecule has 1 N–H and O–H groups in total. The van der Waals surface area contributed by atoms with Crippen LogP contribution in [0, 0.1) is 5.82 Å². The summed E-state index contributed by atoms with van der Waals surface area (Å²) in [5, 5.41) is 2.72. The molecule has 0 spiro atoms. The Hall–Kier alpha value is -1.14. The predicted molar refractivity (Wildman–Crippen MR) is 74.2 cm³/mol. The maximum absolute atomic E-state index is 12.9. The largest absolute Gasteiger partial charge is 0.315 e. The maximum atomic E-state index is 12.9. The number of benzene rings is 1. The number of piperidine rings is 1. The molecule has 1 atom stereocenters. The molecule has 0 bridgehead atoms. The zero-order valence-electron chi connectivity index (χ0n) is 11.0. The maximum Gasteiger partial charge on any atom is 0.239 e. The molecule has 2 rings (SSSR count). The minimum absolute atomic E-state index is 0.352. The second-order valence-electron chi connectivity index (χ2n) is 4.65. The van der Waals surface area contributed by atoms with E-state index < -0.39 is 15.3 Å². The fourth-order valence-electron chi connectivity index (χ4n) is 2.37. The zero-order valence-corrected chi connectivity index (χ0v) is 11.8. The molecule has 1 aromatic carbocycles. The van der Waals surface area contributed by atoms with Crippen LogP contribution in [-0.4, -0.2) is 33.3 Å². The van der Waals surface area contributed by atoms with Crippen molar-refractivity contribution in [3.63, 3.8) is 0 Å². The van der Waals surface area contributed by atoms with E-state index in [1.807, 2.05) is 0 Å². The summed E-state index contributed by atoms with van der Waals surface area (Å²) in [7, 11) is -3.39. The van der Waals surface area contributed by atoms with Gasteiger partial charge in [0.05, 0.1) is 10.9 Å². The van der Waals surface area contributed by atoms with Gasteiger partial charge in [0.1, 0.15) is 5.82 Å². The Bertz CT molecular complexity index is 510. The number of halogens is 1. The highest BCUT2D eigenvalue weighted by molar-refractivity contribution is 7.93. The van der Waals surface area contributed by atoms with Crippen LogP contribution >= 0.6 is 0 Å². The standard InChI is InChI=1S/C13H19FN2O2S/c1-2-16(12-7-5-11(14)6-8-12)19(17,18)13-4-3-9-15-10-13/h5-8,13,15H,2-4,9-10H2,1H3. The molecule has 0 radical (unpaired) electrons. The second-order valence-corrected chi connectivity index (χ2v) is 6.79. The molecule has 106 valence electrons. The van der Waals surface area contributed by atoms with Crippen molar-refractivity contribution in [1.29, 1.82) is 0 Å². The number of sulfonamides is 1. The average Bonchev–Trinajstić information content (AvgIpc) is 2.42. The van der Waals surface area contributed by atoms with Crippen molar-refractivity contribution in [2.24, 2.45) is 0 Å². The van der Waals surface area contributed by atoms with E-state index >= 15 is 0 Å².